The summed E-state index contributed by atoms with van der Waals surface area (Å²) in [6, 6.07) is 0. The summed E-state index contributed by atoms with van der Waals surface area (Å²) in [7, 11) is 0. The van der Waals surface area contributed by atoms with E-state index in [0.717, 1.165) is 64.6 Å². The van der Waals surface area contributed by atoms with Crippen molar-refractivity contribution in [2.75, 3.05) is 13.2 Å². The van der Waals surface area contributed by atoms with Gasteiger partial charge in [0.05, 0.1) is 0 Å². The average molecular weight is 373 g/mol. The van der Waals surface area contributed by atoms with Crippen LogP contribution in [0.3, 0.4) is 0 Å². The van der Waals surface area contributed by atoms with Crippen molar-refractivity contribution in [1.29, 1.82) is 0 Å². The van der Waals surface area contributed by atoms with Crippen LogP contribution in [0.2, 0.25) is 0 Å². The lowest BCUT2D eigenvalue weighted by Crippen LogP contribution is -1.90. The molecule has 3 heteroatoms. The minimum Gasteiger partial charge on any atom is -0.478 e. The second-order valence-corrected chi connectivity index (χ2v) is 5.96. The third-order valence-electron chi connectivity index (χ3n) is 3.56. The summed E-state index contributed by atoms with van der Waals surface area (Å²) in [4.78, 5) is 10.3. The van der Waals surface area contributed by atoms with Crippen LogP contribution >= 0.6 is 0 Å². The number of ether oxygens (including phenoxy) is 1. The maximum Gasteiger partial charge on any atom is 0.327 e. The highest BCUT2D eigenvalue weighted by atomic mass is 16.5. The summed E-state index contributed by atoms with van der Waals surface area (Å²) in [5, 5.41) is 8.46. The Morgan fingerprint density at radius 3 is 1.63 bits per heavy atom. The molecule has 0 unspecified atom stereocenters. The molecule has 0 aliphatic carbocycles. The lowest BCUT2D eigenvalue weighted by Gasteiger charge is -1.94. The second kappa shape index (κ2) is 21.9. The molecule has 0 aromatic heterocycles. The summed E-state index contributed by atoms with van der Waals surface area (Å²) in [5.41, 5.74) is 0. The Morgan fingerprint density at radius 2 is 1.15 bits per heavy atom. The number of rotatable bonds is 17. The third kappa shape index (κ3) is 23.9. The minimum absolute atomic E-state index is 0.793. The molecule has 27 heavy (non-hydrogen) atoms. The smallest absolute Gasteiger partial charge is 0.327 e. The first-order valence-electron chi connectivity index (χ1n) is 9.99. The molecular weight excluding hydrogens is 336 g/mol. The largest absolute Gasteiger partial charge is 0.478 e. The number of carboxylic acids is 1. The minimum atomic E-state index is -0.873. The van der Waals surface area contributed by atoms with Crippen LogP contribution in [0.15, 0.2) is 72.9 Å². The molecule has 0 fully saturated rings. The number of allylic oxidation sites excluding steroid dienone is 10. The highest BCUT2D eigenvalue weighted by Crippen LogP contribution is 2.00. The predicted octanol–water partition coefficient (Wildman–Crippen LogP) is 6.57. The highest BCUT2D eigenvalue weighted by Gasteiger charge is 1.85. The van der Waals surface area contributed by atoms with Crippen LogP contribution in [0.5, 0.6) is 0 Å². The molecule has 0 aliphatic heterocycles. The van der Waals surface area contributed by atoms with Gasteiger partial charge in [0.25, 0.3) is 0 Å². The van der Waals surface area contributed by atoms with E-state index >= 15 is 0 Å². The number of unbranched alkanes of at least 4 members (excludes halogenated alkanes) is 2. The van der Waals surface area contributed by atoms with Gasteiger partial charge in [-0.3, -0.25) is 0 Å². The Hall–Kier alpha value is -2.13. The third-order valence-corrected chi connectivity index (χ3v) is 3.56. The van der Waals surface area contributed by atoms with E-state index in [1.807, 2.05) is 6.92 Å². The first kappa shape index (κ1) is 24.9. The van der Waals surface area contributed by atoms with E-state index in [0.29, 0.717) is 0 Å². The number of carboxylic acid groups (broad SMARTS) is 1. The van der Waals surface area contributed by atoms with Crippen molar-refractivity contribution >= 4 is 5.97 Å². The van der Waals surface area contributed by atoms with Crippen molar-refractivity contribution in [1.82, 2.24) is 0 Å². The SMILES string of the molecule is CCOCC/C=C\C/C=C\C/C=C\C/C=C\C/C=C\CCC/C=C\C(=O)O. The second-order valence-electron chi connectivity index (χ2n) is 5.96. The molecule has 0 heterocycles. The van der Waals surface area contributed by atoms with Gasteiger partial charge in [0.2, 0.25) is 0 Å². The zero-order valence-corrected chi connectivity index (χ0v) is 16.8. The van der Waals surface area contributed by atoms with E-state index in [2.05, 4.69) is 60.8 Å². The number of hydrogen-bond donors (Lipinski definition) is 1. The zero-order valence-electron chi connectivity index (χ0n) is 16.8. The molecular formula is C24H36O3. The molecule has 0 saturated carbocycles. The molecule has 3 nitrogen and oxygen atoms in total. The topological polar surface area (TPSA) is 46.5 Å². The van der Waals surface area contributed by atoms with E-state index in [4.69, 9.17) is 9.84 Å². The normalized spacial score (nSPS) is 12.9. The van der Waals surface area contributed by atoms with Gasteiger partial charge in [0, 0.05) is 19.3 Å². The van der Waals surface area contributed by atoms with Crippen LogP contribution in [0.4, 0.5) is 0 Å². The Balaban J connectivity index is 3.48. The van der Waals surface area contributed by atoms with E-state index in [1.54, 1.807) is 6.08 Å². The molecule has 0 rings (SSSR count). The molecule has 0 bridgehead atoms. The summed E-state index contributed by atoms with van der Waals surface area (Å²) in [5.74, 6) is -0.873. The maximum atomic E-state index is 10.3. The fraction of sp³-hybridized carbons (Fsp3) is 0.458. The zero-order chi connectivity index (χ0) is 19.8. The van der Waals surface area contributed by atoms with Crippen molar-refractivity contribution in [2.24, 2.45) is 0 Å². The Morgan fingerprint density at radius 1 is 0.704 bits per heavy atom. The van der Waals surface area contributed by atoms with E-state index < -0.39 is 5.97 Å². The molecule has 0 aromatic carbocycles. The molecule has 1 N–H and O–H groups in total. The van der Waals surface area contributed by atoms with Crippen LogP contribution in [0, 0.1) is 0 Å². The standard InChI is InChI=1S/C24H36O3/c1-2-27-23-21-19-17-15-13-11-9-7-5-3-4-6-8-10-12-14-16-18-20-22-24(25)26/h4-7,10-13,17,19-20,22H,2-3,8-9,14-16,18,21,23H2,1H3,(H,25,26)/b6-4-,7-5-,12-10-,13-11-,19-17-,22-20-. The number of aliphatic carboxylic acids is 1. The van der Waals surface area contributed by atoms with Gasteiger partial charge in [-0.1, -0.05) is 66.8 Å². The molecule has 0 amide bonds. The fourth-order valence-corrected chi connectivity index (χ4v) is 2.15. The van der Waals surface area contributed by atoms with Gasteiger partial charge >= 0.3 is 5.97 Å². The van der Waals surface area contributed by atoms with Crippen LogP contribution < -0.4 is 0 Å². The van der Waals surface area contributed by atoms with Gasteiger partial charge < -0.3 is 9.84 Å². The Labute approximate surface area is 165 Å². The number of carbonyl (C=O) groups is 1. The van der Waals surface area contributed by atoms with Crippen LogP contribution in [-0.2, 0) is 9.53 Å². The molecule has 0 aliphatic rings. The van der Waals surface area contributed by atoms with Gasteiger partial charge in [0.1, 0.15) is 0 Å². The van der Waals surface area contributed by atoms with Gasteiger partial charge in [-0.2, -0.15) is 0 Å². The van der Waals surface area contributed by atoms with Crippen molar-refractivity contribution in [2.45, 2.75) is 58.3 Å². The summed E-state index contributed by atoms with van der Waals surface area (Å²) in [6.07, 6.45) is 32.4. The van der Waals surface area contributed by atoms with E-state index in [-0.39, 0.29) is 0 Å². The molecule has 0 spiro atoms. The molecule has 150 valence electrons. The van der Waals surface area contributed by atoms with Crippen molar-refractivity contribution in [3.8, 4) is 0 Å². The first-order chi connectivity index (χ1) is 13.3. The Bertz CT molecular complexity index is 508. The lowest BCUT2D eigenvalue weighted by molar-refractivity contribution is -0.131. The van der Waals surface area contributed by atoms with Gasteiger partial charge in [-0.05, 0) is 58.3 Å². The molecule has 0 radical (unpaired) electrons. The molecule has 0 saturated heterocycles. The first-order valence-corrected chi connectivity index (χ1v) is 9.99. The predicted molar refractivity (Wildman–Crippen MR) is 116 cm³/mol. The Kier molecular flexibility index (Phi) is 20.2. The van der Waals surface area contributed by atoms with Gasteiger partial charge in [-0.15, -0.1) is 0 Å². The monoisotopic (exact) mass is 372 g/mol. The maximum absolute atomic E-state index is 10.3. The lowest BCUT2D eigenvalue weighted by atomic mass is 10.2. The number of hydrogen-bond acceptors (Lipinski definition) is 2. The van der Waals surface area contributed by atoms with Crippen molar-refractivity contribution < 1.29 is 14.6 Å². The van der Waals surface area contributed by atoms with Crippen molar-refractivity contribution in [3.05, 3.63) is 72.9 Å². The highest BCUT2D eigenvalue weighted by molar-refractivity contribution is 5.79. The fourth-order valence-electron chi connectivity index (χ4n) is 2.15. The molecule has 0 aromatic rings. The van der Waals surface area contributed by atoms with Crippen LogP contribution in [0.25, 0.3) is 0 Å². The van der Waals surface area contributed by atoms with Crippen molar-refractivity contribution in [3.63, 3.8) is 0 Å². The quantitative estimate of drug-likeness (QED) is 0.178. The van der Waals surface area contributed by atoms with Crippen LogP contribution in [0.1, 0.15) is 58.3 Å². The van der Waals surface area contributed by atoms with E-state index in [9.17, 15) is 4.79 Å². The van der Waals surface area contributed by atoms with Gasteiger partial charge in [0.15, 0.2) is 0 Å². The average Bonchev–Trinajstić information content (AvgIpc) is 2.65. The summed E-state index contributed by atoms with van der Waals surface area (Å²) in [6.45, 7) is 3.62. The van der Waals surface area contributed by atoms with Gasteiger partial charge in [-0.25, -0.2) is 4.79 Å². The molecule has 0 atom stereocenters. The summed E-state index contributed by atoms with van der Waals surface area (Å²) >= 11 is 0. The van der Waals surface area contributed by atoms with Crippen LogP contribution in [-0.4, -0.2) is 24.3 Å². The summed E-state index contributed by atoms with van der Waals surface area (Å²) < 4.78 is 5.27. The van der Waals surface area contributed by atoms with E-state index in [1.165, 1.54) is 6.08 Å².